The van der Waals surface area contributed by atoms with E-state index in [4.69, 9.17) is 4.74 Å². The Morgan fingerprint density at radius 3 is 2.47 bits per heavy atom. The van der Waals surface area contributed by atoms with Crippen LogP contribution in [0.15, 0.2) is 12.2 Å². The Morgan fingerprint density at radius 1 is 1.06 bits per heavy atom. The van der Waals surface area contributed by atoms with Crippen LogP contribution in [-0.4, -0.2) is 49.6 Å². The monoisotopic (exact) mass is 453 g/mol. The molecular formula is C25H47N3O4. The highest BCUT2D eigenvalue weighted by Crippen LogP contribution is 2.14. The van der Waals surface area contributed by atoms with E-state index in [-0.39, 0.29) is 29.8 Å². The molecule has 7 heteroatoms. The Bertz CT molecular complexity index is 551. The number of rotatable bonds is 13. The van der Waals surface area contributed by atoms with E-state index in [2.05, 4.69) is 22.0 Å². The van der Waals surface area contributed by atoms with Gasteiger partial charge in [-0.15, -0.1) is 0 Å². The minimum atomic E-state index is -0.409. The van der Waals surface area contributed by atoms with Crippen LogP contribution in [0.5, 0.6) is 0 Å². The summed E-state index contributed by atoms with van der Waals surface area (Å²) < 4.78 is 5.43. The van der Waals surface area contributed by atoms with E-state index in [1.54, 1.807) is 0 Å². The fourth-order valence-electron chi connectivity index (χ4n) is 3.41. The summed E-state index contributed by atoms with van der Waals surface area (Å²) >= 11 is 0. The van der Waals surface area contributed by atoms with Crippen molar-refractivity contribution in [3.8, 4) is 0 Å². The second-order valence-electron chi connectivity index (χ2n) is 8.00. The molecule has 0 saturated carbocycles. The summed E-state index contributed by atoms with van der Waals surface area (Å²) in [5.41, 5.74) is 0. The van der Waals surface area contributed by atoms with Crippen molar-refractivity contribution in [3.05, 3.63) is 12.2 Å². The van der Waals surface area contributed by atoms with E-state index in [1.165, 1.54) is 12.8 Å². The number of Topliss-reactive ketones (excluding diaryl/α,β-unsaturated/α-hetero) is 1. The molecule has 186 valence electrons. The number of amides is 2. The summed E-state index contributed by atoms with van der Waals surface area (Å²) in [6.45, 7) is 11.5. The van der Waals surface area contributed by atoms with Crippen molar-refractivity contribution >= 4 is 17.8 Å². The molecule has 2 amide bonds. The molecular weight excluding hydrogens is 406 g/mol. The molecule has 0 spiro atoms. The van der Waals surface area contributed by atoms with Gasteiger partial charge >= 0.3 is 6.09 Å². The van der Waals surface area contributed by atoms with Crippen LogP contribution in [-0.2, 0) is 14.3 Å². The molecule has 0 heterocycles. The third-order valence-corrected chi connectivity index (χ3v) is 5.47. The first-order valence-corrected chi connectivity index (χ1v) is 12.6. The van der Waals surface area contributed by atoms with Gasteiger partial charge in [0.05, 0.1) is 6.04 Å². The minimum absolute atomic E-state index is 0.000800. The molecule has 32 heavy (non-hydrogen) atoms. The van der Waals surface area contributed by atoms with Gasteiger partial charge in [-0.3, -0.25) is 9.59 Å². The maximum atomic E-state index is 12.4. The second kappa shape index (κ2) is 19.8. The largest absolute Gasteiger partial charge is 0.442 e. The van der Waals surface area contributed by atoms with Crippen molar-refractivity contribution in [2.24, 2.45) is 5.92 Å². The van der Waals surface area contributed by atoms with Gasteiger partial charge in [0, 0.05) is 25.4 Å². The average Bonchev–Trinajstić information content (AvgIpc) is 2.78. The highest BCUT2D eigenvalue weighted by Gasteiger charge is 2.22. The van der Waals surface area contributed by atoms with Crippen LogP contribution < -0.4 is 16.0 Å². The first kappa shape index (κ1) is 30.1. The number of allylic oxidation sites excluding steroid dienone is 1. The number of ketones is 1. The van der Waals surface area contributed by atoms with E-state index in [9.17, 15) is 14.4 Å². The third-order valence-electron chi connectivity index (χ3n) is 5.47. The van der Waals surface area contributed by atoms with Crippen LogP contribution >= 0.6 is 0 Å². The first-order chi connectivity index (χ1) is 15.5. The van der Waals surface area contributed by atoms with Gasteiger partial charge in [0.2, 0.25) is 5.91 Å². The summed E-state index contributed by atoms with van der Waals surface area (Å²) in [5.74, 6) is 0.104. The summed E-state index contributed by atoms with van der Waals surface area (Å²) in [4.78, 5) is 36.3. The van der Waals surface area contributed by atoms with Crippen LogP contribution in [0.3, 0.4) is 0 Å². The van der Waals surface area contributed by atoms with Crippen LogP contribution in [0.1, 0.15) is 92.4 Å². The van der Waals surface area contributed by atoms with Crippen LogP contribution in [0.2, 0.25) is 0 Å². The molecule has 3 atom stereocenters. The Kier molecular flexibility index (Phi) is 18.6. The quantitative estimate of drug-likeness (QED) is 0.282. The molecule has 3 N–H and O–H groups in total. The van der Waals surface area contributed by atoms with Gasteiger partial charge in [0.1, 0.15) is 6.10 Å². The van der Waals surface area contributed by atoms with Crippen LogP contribution in [0.4, 0.5) is 4.79 Å². The lowest BCUT2D eigenvalue weighted by Gasteiger charge is -2.19. The van der Waals surface area contributed by atoms with Crippen molar-refractivity contribution in [2.45, 2.75) is 105 Å². The lowest BCUT2D eigenvalue weighted by atomic mass is 9.94. The number of carbonyl (C=O) groups excluding carboxylic acids is 3. The van der Waals surface area contributed by atoms with Gasteiger partial charge in [-0.1, -0.05) is 47.1 Å². The number of hydrogen-bond acceptors (Lipinski definition) is 5. The standard InChI is InChI=1S/C23H41N3O4.C2H6/c1-4-18(3)22(28)20(24-5-2)14-15-21(27)25-16-11-17-26-23(29)30-19-12-9-7-6-8-10-13-19;1-2/h9,12,18-20,24H,4-8,10-11,13-17H2,1-3H3,(H,25,27)(H,26,29);1-2H3/b12-9+;. The molecule has 0 bridgehead atoms. The van der Waals surface area contributed by atoms with Crippen molar-refractivity contribution in [2.75, 3.05) is 19.6 Å². The highest BCUT2D eigenvalue weighted by molar-refractivity contribution is 5.86. The number of alkyl carbamates (subject to hydrolysis) is 1. The van der Waals surface area contributed by atoms with E-state index >= 15 is 0 Å². The topological polar surface area (TPSA) is 96.5 Å². The number of nitrogens with one attached hydrogen (secondary N) is 3. The van der Waals surface area contributed by atoms with Crippen molar-refractivity contribution < 1.29 is 19.1 Å². The molecule has 3 unspecified atom stereocenters. The Morgan fingerprint density at radius 2 is 1.78 bits per heavy atom. The molecule has 0 aromatic heterocycles. The van der Waals surface area contributed by atoms with Gasteiger partial charge in [0.25, 0.3) is 0 Å². The normalized spacial score (nSPS) is 18.6. The highest BCUT2D eigenvalue weighted by atomic mass is 16.6. The molecule has 0 aromatic carbocycles. The number of ether oxygens (including phenoxy) is 1. The van der Waals surface area contributed by atoms with E-state index in [0.29, 0.717) is 38.9 Å². The van der Waals surface area contributed by atoms with E-state index < -0.39 is 6.09 Å². The summed E-state index contributed by atoms with van der Waals surface area (Å²) in [5, 5.41) is 8.78. The zero-order valence-corrected chi connectivity index (χ0v) is 21.0. The van der Waals surface area contributed by atoms with Crippen LogP contribution in [0.25, 0.3) is 0 Å². The lowest BCUT2D eigenvalue weighted by Crippen LogP contribution is -2.40. The molecule has 1 rings (SSSR count). The fourth-order valence-corrected chi connectivity index (χ4v) is 3.41. The summed E-state index contributed by atoms with van der Waals surface area (Å²) in [6, 6.07) is -0.269. The number of carbonyl (C=O) groups is 3. The van der Waals surface area contributed by atoms with Crippen molar-refractivity contribution in [1.82, 2.24) is 16.0 Å². The maximum absolute atomic E-state index is 12.4. The van der Waals surface area contributed by atoms with Gasteiger partial charge in [-0.05, 0) is 57.6 Å². The molecule has 1 aliphatic rings. The van der Waals surface area contributed by atoms with Gasteiger partial charge < -0.3 is 20.7 Å². The average molecular weight is 454 g/mol. The first-order valence-electron chi connectivity index (χ1n) is 12.6. The summed E-state index contributed by atoms with van der Waals surface area (Å²) in [6.07, 6.45) is 11.1. The van der Waals surface area contributed by atoms with Crippen LogP contribution in [0, 0.1) is 5.92 Å². The molecule has 0 radical (unpaired) electrons. The number of hydrogen-bond donors (Lipinski definition) is 3. The minimum Gasteiger partial charge on any atom is -0.442 e. The second-order valence-corrected chi connectivity index (χ2v) is 8.00. The Balaban J connectivity index is 0.00000466. The third kappa shape index (κ3) is 14.2. The fraction of sp³-hybridized carbons (Fsp3) is 0.800. The molecule has 0 aromatic rings. The van der Waals surface area contributed by atoms with E-state index in [0.717, 1.165) is 25.7 Å². The Labute approximate surface area is 195 Å². The molecule has 0 fully saturated rings. The molecule has 7 nitrogen and oxygen atoms in total. The van der Waals surface area contributed by atoms with Crippen molar-refractivity contribution in [1.29, 1.82) is 0 Å². The molecule has 1 aliphatic carbocycles. The smallest absolute Gasteiger partial charge is 0.407 e. The van der Waals surface area contributed by atoms with Gasteiger partial charge in [0.15, 0.2) is 5.78 Å². The maximum Gasteiger partial charge on any atom is 0.407 e. The summed E-state index contributed by atoms with van der Waals surface area (Å²) in [7, 11) is 0. The zero-order valence-electron chi connectivity index (χ0n) is 21.0. The number of likely N-dealkylation sites (N-methyl/N-ethyl adjacent to an activating group) is 1. The zero-order chi connectivity index (χ0) is 24.2. The van der Waals surface area contributed by atoms with Gasteiger partial charge in [-0.2, -0.15) is 0 Å². The Hall–Kier alpha value is -1.89. The predicted octanol–water partition coefficient (Wildman–Crippen LogP) is 4.51. The van der Waals surface area contributed by atoms with Gasteiger partial charge in [-0.25, -0.2) is 4.79 Å². The van der Waals surface area contributed by atoms with Crippen molar-refractivity contribution in [3.63, 3.8) is 0 Å². The van der Waals surface area contributed by atoms with E-state index in [1.807, 2.05) is 40.7 Å². The lowest BCUT2D eigenvalue weighted by molar-refractivity contribution is -0.125. The molecule has 0 saturated heterocycles. The SMILES string of the molecule is CC.CCNC(CCC(=O)NCCCNC(=O)OC1/C=C/CCCCC1)C(=O)C(C)CC. The molecule has 0 aliphatic heterocycles. The predicted molar refractivity (Wildman–Crippen MR) is 131 cm³/mol.